The number of H-pyrrole nitrogens is 1. The molecule has 0 aliphatic heterocycles. The van der Waals surface area contributed by atoms with Crippen LogP contribution in [0, 0.1) is 0 Å². The van der Waals surface area contributed by atoms with E-state index in [1.54, 1.807) is 6.07 Å². The van der Waals surface area contributed by atoms with Gasteiger partial charge < -0.3 is 5.32 Å². The molecular weight excluding hydrogens is 223 g/mol. The largest absolute Gasteiger partial charge is 0.324 e. The fourth-order valence-electron chi connectivity index (χ4n) is 1.16. The van der Waals surface area contributed by atoms with Crippen LogP contribution in [0.1, 0.15) is 6.92 Å². The number of nitrogens with one attached hydrogen (secondary N) is 2. The first-order valence-corrected chi connectivity index (χ1v) is 3.84. The predicted octanol–water partition coefficient (Wildman–Crippen LogP) is 0.914. The summed E-state index contributed by atoms with van der Waals surface area (Å²) in [5, 5.41) is 13.0. The molecule has 1 aromatic heterocycles. The molecular formula is C8H8MnN4O. The van der Waals surface area contributed by atoms with Crippen LogP contribution in [0.3, 0.4) is 0 Å². The molecule has 2 rings (SSSR count). The van der Waals surface area contributed by atoms with Crippen LogP contribution in [-0.2, 0) is 21.9 Å². The number of amides is 1. The summed E-state index contributed by atoms with van der Waals surface area (Å²) in [5.41, 5.74) is 2.10. The molecule has 0 fully saturated rings. The average Bonchev–Trinajstić information content (AvgIpc) is 2.51. The van der Waals surface area contributed by atoms with Crippen molar-refractivity contribution in [2.45, 2.75) is 6.92 Å². The molecule has 0 bridgehead atoms. The number of carbonyl (C=O) groups is 1. The van der Waals surface area contributed by atoms with Crippen molar-refractivity contribution in [2.24, 2.45) is 0 Å². The van der Waals surface area contributed by atoms with E-state index in [1.807, 2.05) is 12.1 Å². The third-order valence-corrected chi connectivity index (χ3v) is 1.66. The molecule has 1 amide bonds. The maximum atomic E-state index is 10.8. The zero-order valence-electron chi connectivity index (χ0n) is 7.41. The quantitative estimate of drug-likeness (QED) is 0.716. The monoisotopic (exact) mass is 231 g/mol. The number of benzene rings is 1. The minimum absolute atomic E-state index is 0. The molecule has 0 atom stereocenters. The number of fused-ring (bicyclic) bond motifs is 1. The minimum atomic E-state index is -0.115. The molecule has 1 radical (unpaired) electrons. The Kier molecular flexibility index (Phi) is 3.22. The predicted molar refractivity (Wildman–Crippen MR) is 48.2 cm³/mol. The van der Waals surface area contributed by atoms with Gasteiger partial charge in [0.2, 0.25) is 5.91 Å². The molecule has 1 aromatic carbocycles. The molecule has 0 aliphatic rings. The smallest absolute Gasteiger partial charge is 0.221 e. The van der Waals surface area contributed by atoms with E-state index in [4.69, 9.17) is 0 Å². The molecule has 14 heavy (non-hydrogen) atoms. The molecule has 5 nitrogen and oxygen atoms in total. The van der Waals surface area contributed by atoms with E-state index in [2.05, 4.69) is 20.7 Å². The fraction of sp³-hybridized carbons (Fsp3) is 0.125. The number of para-hydroxylation sites is 1. The van der Waals surface area contributed by atoms with Crippen LogP contribution in [0.4, 0.5) is 5.69 Å². The summed E-state index contributed by atoms with van der Waals surface area (Å²) >= 11 is 0. The van der Waals surface area contributed by atoms with Crippen LogP contribution in [0.25, 0.3) is 11.0 Å². The summed E-state index contributed by atoms with van der Waals surface area (Å²) in [5.74, 6) is -0.115. The first kappa shape index (κ1) is 10.7. The number of aromatic amines is 1. The number of nitrogens with zero attached hydrogens (tertiary/aromatic N) is 2. The van der Waals surface area contributed by atoms with Crippen LogP contribution in [0.15, 0.2) is 18.2 Å². The molecule has 0 saturated carbocycles. The van der Waals surface area contributed by atoms with Gasteiger partial charge >= 0.3 is 0 Å². The molecule has 6 heteroatoms. The van der Waals surface area contributed by atoms with Gasteiger partial charge in [-0.3, -0.25) is 4.79 Å². The summed E-state index contributed by atoms with van der Waals surface area (Å²) < 4.78 is 0. The van der Waals surface area contributed by atoms with Crippen LogP contribution in [0.2, 0.25) is 0 Å². The van der Waals surface area contributed by atoms with Crippen molar-refractivity contribution >= 4 is 22.6 Å². The number of aromatic nitrogens is 3. The topological polar surface area (TPSA) is 70.7 Å². The van der Waals surface area contributed by atoms with E-state index in [1.165, 1.54) is 6.92 Å². The van der Waals surface area contributed by atoms with Gasteiger partial charge in [-0.2, -0.15) is 15.4 Å². The van der Waals surface area contributed by atoms with Gasteiger partial charge in [0.25, 0.3) is 0 Å². The van der Waals surface area contributed by atoms with Gasteiger partial charge in [0.05, 0.1) is 5.69 Å². The summed E-state index contributed by atoms with van der Waals surface area (Å²) in [4.78, 5) is 10.8. The number of anilines is 1. The molecule has 73 valence electrons. The third-order valence-electron chi connectivity index (χ3n) is 1.66. The third kappa shape index (κ3) is 1.92. The Morgan fingerprint density at radius 2 is 2.21 bits per heavy atom. The SMILES string of the molecule is CC(=O)Nc1cccc2n[nH]nc12.[Mn]. The van der Waals surface area contributed by atoms with Gasteiger partial charge in [-0.05, 0) is 12.1 Å². The molecule has 0 aliphatic carbocycles. The molecule has 0 saturated heterocycles. The zero-order valence-corrected chi connectivity index (χ0v) is 8.59. The van der Waals surface area contributed by atoms with E-state index in [0.717, 1.165) is 5.52 Å². The van der Waals surface area contributed by atoms with Crippen molar-refractivity contribution in [1.82, 2.24) is 15.4 Å². The number of hydrogen-bond donors (Lipinski definition) is 2. The van der Waals surface area contributed by atoms with Crippen molar-refractivity contribution in [1.29, 1.82) is 0 Å². The van der Waals surface area contributed by atoms with Crippen molar-refractivity contribution < 1.29 is 21.9 Å². The zero-order chi connectivity index (χ0) is 9.26. The Labute approximate surface area is 90.7 Å². The first-order valence-electron chi connectivity index (χ1n) is 3.84. The van der Waals surface area contributed by atoms with Crippen LogP contribution in [0.5, 0.6) is 0 Å². The van der Waals surface area contributed by atoms with E-state index in [0.29, 0.717) is 11.2 Å². The average molecular weight is 231 g/mol. The fourth-order valence-corrected chi connectivity index (χ4v) is 1.16. The van der Waals surface area contributed by atoms with Crippen molar-refractivity contribution in [2.75, 3.05) is 5.32 Å². The van der Waals surface area contributed by atoms with Crippen molar-refractivity contribution in [3.63, 3.8) is 0 Å². The van der Waals surface area contributed by atoms with E-state index >= 15 is 0 Å². The molecule has 2 aromatic rings. The Hall–Kier alpha value is -1.39. The van der Waals surface area contributed by atoms with Gasteiger partial charge in [0, 0.05) is 24.0 Å². The maximum Gasteiger partial charge on any atom is 0.221 e. The molecule has 0 spiro atoms. The maximum absolute atomic E-state index is 10.8. The Morgan fingerprint density at radius 1 is 1.43 bits per heavy atom. The summed E-state index contributed by atoms with van der Waals surface area (Å²) in [6.45, 7) is 1.46. The Morgan fingerprint density at radius 3 is 2.93 bits per heavy atom. The Bertz CT molecular complexity index is 453. The number of rotatable bonds is 1. The summed E-state index contributed by atoms with van der Waals surface area (Å²) in [6, 6.07) is 5.42. The van der Waals surface area contributed by atoms with Crippen LogP contribution in [-0.4, -0.2) is 21.3 Å². The molecule has 0 unspecified atom stereocenters. The second kappa shape index (κ2) is 4.21. The summed E-state index contributed by atoms with van der Waals surface area (Å²) in [7, 11) is 0. The second-order valence-corrected chi connectivity index (χ2v) is 2.68. The van der Waals surface area contributed by atoms with Crippen LogP contribution >= 0.6 is 0 Å². The first-order chi connectivity index (χ1) is 6.27. The van der Waals surface area contributed by atoms with Gasteiger partial charge in [0.15, 0.2) is 0 Å². The van der Waals surface area contributed by atoms with E-state index < -0.39 is 0 Å². The van der Waals surface area contributed by atoms with Gasteiger partial charge in [-0.1, -0.05) is 6.07 Å². The van der Waals surface area contributed by atoms with Gasteiger partial charge in [-0.15, -0.1) is 0 Å². The van der Waals surface area contributed by atoms with Gasteiger partial charge in [-0.25, -0.2) is 0 Å². The normalized spacial score (nSPS) is 9.50. The van der Waals surface area contributed by atoms with Crippen molar-refractivity contribution in [3.05, 3.63) is 18.2 Å². The summed E-state index contributed by atoms with van der Waals surface area (Å²) in [6.07, 6.45) is 0. The van der Waals surface area contributed by atoms with Crippen molar-refractivity contribution in [3.8, 4) is 0 Å². The standard InChI is InChI=1S/C8H8N4O.Mn/c1-5(13)9-6-3-2-4-7-8(6)11-12-10-7;/h2-4H,1H3,(H,9,13)(H,10,11,12);. The molecule has 1 heterocycles. The minimum Gasteiger partial charge on any atom is -0.324 e. The van der Waals surface area contributed by atoms with Gasteiger partial charge in [0.1, 0.15) is 11.0 Å². The Balaban J connectivity index is 0.000000980. The van der Waals surface area contributed by atoms with E-state index in [-0.39, 0.29) is 23.0 Å². The number of hydrogen-bond acceptors (Lipinski definition) is 3. The molecule has 2 N–H and O–H groups in total. The van der Waals surface area contributed by atoms with E-state index in [9.17, 15) is 4.79 Å². The second-order valence-electron chi connectivity index (χ2n) is 2.68. The van der Waals surface area contributed by atoms with Crippen LogP contribution < -0.4 is 5.32 Å². The number of carbonyl (C=O) groups excluding carboxylic acids is 1.